The van der Waals surface area contributed by atoms with Crippen molar-refractivity contribution in [2.75, 3.05) is 18.9 Å². The molecule has 0 saturated heterocycles. The van der Waals surface area contributed by atoms with E-state index in [1.165, 1.54) is 23.9 Å². The molecule has 0 bridgehead atoms. The number of hydrogen-bond donors (Lipinski definition) is 2. The van der Waals surface area contributed by atoms with E-state index >= 15 is 0 Å². The highest BCUT2D eigenvalue weighted by molar-refractivity contribution is 6.31. The van der Waals surface area contributed by atoms with Gasteiger partial charge in [0.1, 0.15) is 17.1 Å². The van der Waals surface area contributed by atoms with Crippen LogP contribution in [-0.2, 0) is 12.7 Å². The van der Waals surface area contributed by atoms with Gasteiger partial charge in [-0.05, 0) is 56.8 Å². The zero-order valence-corrected chi connectivity index (χ0v) is 19.3. The molecule has 0 aliphatic carbocycles. The molecule has 0 fully saturated rings. The van der Waals surface area contributed by atoms with Crippen LogP contribution in [0.3, 0.4) is 0 Å². The second-order valence-electron chi connectivity index (χ2n) is 7.40. The Hall–Kier alpha value is -3.51. The Balaban J connectivity index is 1.95. The predicted octanol–water partition coefficient (Wildman–Crippen LogP) is 4.41. The topological polar surface area (TPSA) is 98.1 Å². The maximum atomic E-state index is 13.4. The van der Waals surface area contributed by atoms with E-state index in [0.717, 1.165) is 24.3 Å². The van der Waals surface area contributed by atoms with Crippen molar-refractivity contribution in [2.45, 2.75) is 26.1 Å². The van der Waals surface area contributed by atoms with Crippen LogP contribution in [0.25, 0.3) is 0 Å². The number of pyridine rings is 1. The lowest BCUT2D eigenvalue weighted by Crippen LogP contribution is -2.25. The summed E-state index contributed by atoms with van der Waals surface area (Å²) < 4.78 is 60.2. The summed E-state index contributed by atoms with van der Waals surface area (Å²) in [6.45, 7) is 2.49. The van der Waals surface area contributed by atoms with E-state index in [-0.39, 0.29) is 17.0 Å². The van der Waals surface area contributed by atoms with Crippen LogP contribution in [0.5, 0.6) is 11.6 Å². The summed E-state index contributed by atoms with van der Waals surface area (Å²) in [5.74, 6) is -2.25. The molecule has 1 aromatic carbocycles. The van der Waals surface area contributed by atoms with Crippen LogP contribution >= 0.6 is 11.6 Å². The summed E-state index contributed by atoms with van der Waals surface area (Å²) in [5, 5.41) is 8.47. The van der Waals surface area contributed by atoms with Crippen LogP contribution in [0.15, 0.2) is 41.3 Å². The number of anilines is 1. The second-order valence-corrected chi connectivity index (χ2v) is 7.81. The minimum Gasteiger partial charge on any atom is -0.438 e. The Bertz CT molecular complexity index is 1300. The molecule has 0 aliphatic heterocycles. The van der Waals surface area contributed by atoms with Crippen molar-refractivity contribution < 1.29 is 27.1 Å². The fourth-order valence-electron chi connectivity index (χ4n) is 3.02. The molecule has 0 saturated carbocycles. The number of carbonyl (C=O) groups excluding carboxylic acids is 1. The highest BCUT2D eigenvalue weighted by atomic mass is 35.5. The number of halogens is 5. The highest BCUT2D eigenvalue weighted by Gasteiger charge is 2.37. The number of aromatic nitrogens is 3. The van der Waals surface area contributed by atoms with Gasteiger partial charge in [-0.15, -0.1) is 0 Å². The van der Waals surface area contributed by atoms with Gasteiger partial charge in [0.25, 0.3) is 11.5 Å². The lowest BCUT2D eigenvalue weighted by molar-refractivity contribution is -0.141. The first-order valence-electron chi connectivity index (χ1n) is 10.2. The number of carbonyl (C=O) groups is 1. The van der Waals surface area contributed by atoms with Crippen molar-refractivity contribution in [3.63, 3.8) is 0 Å². The third-order valence-corrected chi connectivity index (χ3v) is 5.01. The number of nitrogens with zero attached hydrogens (tertiary/aromatic N) is 3. The molecule has 2 aromatic heterocycles. The van der Waals surface area contributed by atoms with Gasteiger partial charge in [0.05, 0.1) is 16.9 Å². The predicted molar refractivity (Wildman–Crippen MR) is 120 cm³/mol. The van der Waals surface area contributed by atoms with E-state index in [0.29, 0.717) is 19.5 Å². The van der Waals surface area contributed by atoms with E-state index in [4.69, 9.17) is 16.3 Å². The zero-order chi connectivity index (χ0) is 25.8. The summed E-state index contributed by atoms with van der Waals surface area (Å²) in [7, 11) is 1.77. The summed E-state index contributed by atoms with van der Waals surface area (Å²) >= 11 is 5.76. The van der Waals surface area contributed by atoms with Crippen molar-refractivity contribution >= 4 is 23.2 Å². The molecule has 1 amide bonds. The first-order valence-corrected chi connectivity index (χ1v) is 10.6. The van der Waals surface area contributed by atoms with Crippen molar-refractivity contribution in [3.05, 3.63) is 74.5 Å². The number of ether oxygens (including phenoxy) is 1. The van der Waals surface area contributed by atoms with Crippen LogP contribution in [0, 0.1) is 12.7 Å². The molecule has 13 heteroatoms. The van der Waals surface area contributed by atoms with Gasteiger partial charge in [-0.2, -0.15) is 18.3 Å². The Kier molecular flexibility index (Phi) is 8.07. The van der Waals surface area contributed by atoms with E-state index in [9.17, 15) is 27.2 Å². The second kappa shape index (κ2) is 10.8. The summed E-state index contributed by atoms with van der Waals surface area (Å²) in [5.41, 5.74) is -2.13. The van der Waals surface area contributed by atoms with E-state index in [2.05, 4.69) is 20.7 Å². The first kappa shape index (κ1) is 26.1. The lowest BCUT2D eigenvalue weighted by Gasteiger charge is -2.16. The molecule has 0 atom stereocenters. The number of alkyl halides is 3. The normalized spacial score (nSPS) is 11.4. The Morgan fingerprint density at radius 3 is 2.60 bits per heavy atom. The zero-order valence-electron chi connectivity index (χ0n) is 18.5. The summed E-state index contributed by atoms with van der Waals surface area (Å²) in [6.07, 6.45) is -3.06. The SMILES string of the molecule is CNCCCn1ncc(NC(=O)c2cc(Cl)c(C(F)(F)F)nc2Oc2ccc(F)cc2C)cc1=O. The standard InChI is InChI=1S/C22H20ClF4N5O3/c1-12-8-13(24)4-5-17(12)35-21-15(10-16(23)19(31-21)22(25,26)27)20(34)30-14-9-18(33)32(29-11-14)7-3-6-28-2/h4-5,8-11,28H,3,6-7H2,1-2H3,(H,30,34). The molecule has 2 N–H and O–H groups in total. The lowest BCUT2D eigenvalue weighted by atomic mass is 10.2. The van der Waals surface area contributed by atoms with Gasteiger partial charge < -0.3 is 15.4 Å². The molecule has 35 heavy (non-hydrogen) atoms. The van der Waals surface area contributed by atoms with Crippen LogP contribution in [0.1, 0.15) is 28.0 Å². The van der Waals surface area contributed by atoms with E-state index in [1.807, 2.05) is 0 Å². The van der Waals surface area contributed by atoms with Crippen molar-refractivity contribution in [2.24, 2.45) is 0 Å². The minimum absolute atomic E-state index is 0.00444. The number of hydrogen-bond acceptors (Lipinski definition) is 6. The largest absolute Gasteiger partial charge is 0.438 e. The molecule has 0 unspecified atom stereocenters. The molecule has 0 radical (unpaired) electrons. The molecule has 3 rings (SSSR count). The molecular weight excluding hydrogens is 494 g/mol. The number of aryl methyl sites for hydroxylation is 2. The van der Waals surface area contributed by atoms with Gasteiger partial charge in [-0.1, -0.05) is 11.6 Å². The highest BCUT2D eigenvalue weighted by Crippen LogP contribution is 2.37. The number of nitrogens with one attached hydrogen (secondary N) is 2. The minimum atomic E-state index is -4.93. The monoisotopic (exact) mass is 513 g/mol. The van der Waals surface area contributed by atoms with Gasteiger partial charge in [0.15, 0.2) is 5.69 Å². The van der Waals surface area contributed by atoms with Crippen LogP contribution < -0.4 is 20.9 Å². The molecular formula is C22H20ClF4N5O3. The van der Waals surface area contributed by atoms with Gasteiger partial charge >= 0.3 is 6.18 Å². The van der Waals surface area contributed by atoms with Crippen LogP contribution in [-0.4, -0.2) is 34.3 Å². The maximum absolute atomic E-state index is 13.4. The first-order chi connectivity index (χ1) is 16.5. The summed E-state index contributed by atoms with van der Waals surface area (Å²) in [6, 6.07) is 5.21. The Morgan fingerprint density at radius 2 is 1.97 bits per heavy atom. The van der Waals surface area contributed by atoms with Crippen molar-refractivity contribution in [3.8, 4) is 11.6 Å². The molecule has 0 aliphatic rings. The van der Waals surface area contributed by atoms with Crippen LogP contribution in [0.4, 0.5) is 23.2 Å². The average Bonchev–Trinajstić information content (AvgIpc) is 2.77. The van der Waals surface area contributed by atoms with Gasteiger partial charge in [-0.3, -0.25) is 9.59 Å². The molecule has 0 spiro atoms. The number of amides is 1. The number of benzene rings is 1. The summed E-state index contributed by atoms with van der Waals surface area (Å²) in [4.78, 5) is 28.6. The fourth-order valence-corrected chi connectivity index (χ4v) is 3.28. The maximum Gasteiger partial charge on any atom is 0.434 e. The third-order valence-electron chi connectivity index (χ3n) is 4.72. The van der Waals surface area contributed by atoms with E-state index < -0.39 is 45.6 Å². The van der Waals surface area contributed by atoms with Crippen molar-refractivity contribution in [1.29, 1.82) is 0 Å². The fraction of sp³-hybridized carbons (Fsp3) is 0.273. The van der Waals surface area contributed by atoms with Gasteiger partial charge in [-0.25, -0.2) is 14.1 Å². The van der Waals surface area contributed by atoms with Crippen LogP contribution in [0.2, 0.25) is 5.02 Å². The molecule has 3 aromatic rings. The quantitative estimate of drug-likeness (QED) is 0.342. The Morgan fingerprint density at radius 1 is 1.23 bits per heavy atom. The van der Waals surface area contributed by atoms with Gasteiger partial charge in [0.2, 0.25) is 5.88 Å². The van der Waals surface area contributed by atoms with E-state index in [1.54, 1.807) is 7.05 Å². The van der Waals surface area contributed by atoms with Gasteiger partial charge in [0, 0.05) is 12.6 Å². The molecule has 2 heterocycles. The third kappa shape index (κ3) is 6.55. The average molecular weight is 514 g/mol. The van der Waals surface area contributed by atoms with Crippen molar-refractivity contribution in [1.82, 2.24) is 20.1 Å². The molecule has 186 valence electrons. The Labute approximate surface area is 201 Å². The smallest absolute Gasteiger partial charge is 0.434 e. The number of rotatable bonds is 8. The molecule has 8 nitrogen and oxygen atoms in total.